The van der Waals surface area contributed by atoms with Crippen molar-refractivity contribution in [2.24, 2.45) is 0 Å². The summed E-state index contributed by atoms with van der Waals surface area (Å²) < 4.78 is 5.24. The van der Waals surface area contributed by atoms with Crippen LogP contribution in [-0.2, 0) is 6.54 Å². The van der Waals surface area contributed by atoms with Gasteiger partial charge in [-0.25, -0.2) is 0 Å². The van der Waals surface area contributed by atoms with E-state index >= 15 is 0 Å². The Labute approximate surface area is 129 Å². The van der Waals surface area contributed by atoms with Crippen molar-refractivity contribution in [3.05, 3.63) is 54.1 Å². The zero-order valence-electron chi connectivity index (χ0n) is 12.6. The van der Waals surface area contributed by atoms with Gasteiger partial charge >= 0.3 is 0 Å². The molecule has 0 aromatic heterocycles. The maximum absolute atomic E-state index is 10.4. The Morgan fingerprint density at radius 2 is 1.77 bits per heavy atom. The van der Waals surface area contributed by atoms with Crippen LogP contribution >= 0.6 is 0 Å². The van der Waals surface area contributed by atoms with Gasteiger partial charge in [-0.15, -0.1) is 0 Å². The van der Waals surface area contributed by atoms with Gasteiger partial charge in [0.15, 0.2) is 11.5 Å². The Hall–Kier alpha value is -2.68. The second kappa shape index (κ2) is 4.67. The van der Waals surface area contributed by atoms with Crippen molar-refractivity contribution in [2.45, 2.75) is 6.54 Å². The zero-order chi connectivity index (χ0) is 15.3. The Kier molecular flexibility index (Phi) is 2.76. The first kappa shape index (κ1) is 13.0. The largest absolute Gasteiger partial charge is 0.504 e. The van der Waals surface area contributed by atoms with Crippen molar-refractivity contribution in [1.82, 2.24) is 0 Å². The Morgan fingerprint density at radius 1 is 1.00 bits per heavy atom. The van der Waals surface area contributed by atoms with Crippen LogP contribution < -0.4 is 9.64 Å². The van der Waals surface area contributed by atoms with Gasteiger partial charge in [-0.2, -0.15) is 0 Å². The normalized spacial score (nSPS) is 12.9. The van der Waals surface area contributed by atoms with E-state index in [4.69, 9.17) is 4.74 Å². The number of nitrogens with zero attached hydrogens (tertiary/aromatic N) is 1. The zero-order valence-corrected chi connectivity index (χ0v) is 12.6. The van der Waals surface area contributed by atoms with Crippen molar-refractivity contribution in [1.29, 1.82) is 0 Å². The summed E-state index contributed by atoms with van der Waals surface area (Å²) in [5.74, 6) is 0.766. The summed E-state index contributed by atoms with van der Waals surface area (Å²) in [5.41, 5.74) is 4.37. The van der Waals surface area contributed by atoms with E-state index in [1.54, 1.807) is 7.11 Å². The average Bonchev–Trinajstić information content (AvgIpc) is 2.55. The molecule has 0 bridgehead atoms. The Morgan fingerprint density at radius 3 is 2.59 bits per heavy atom. The molecule has 22 heavy (non-hydrogen) atoms. The van der Waals surface area contributed by atoms with Gasteiger partial charge in [0, 0.05) is 30.1 Å². The third-order valence-electron chi connectivity index (χ3n) is 4.43. The quantitative estimate of drug-likeness (QED) is 0.730. The number of hydrogen-bond donors (Lipinski definition) is 1. The molecule has 1 aliphatic rings. The highest BCUT2D eigenvalue weighted by Gasteiger charge is 2.25. The molecule has 3 aromatic carbocycles. The molecule has 3 aromatic rings. The molecule has 0 saturated carbocycles. The monoisotopic (exact) mass is 291 g/mol. The summed E-state index contributed by atoms with van der Waals surface area (Å²) in [6.45, 7) is 0.666. The van der Waals surface area contributed by atoms with Crippen molar-refractivity contribution < 1.29 is 9.84 Å². The van der Waals surface area contributed by atoms with Gasteiger partial charge in [-0.1, -0.05) is 36.4 Å². The summed E-state index contributed by atoms with van der Waals surface area (Å²) >= 11 is 0. The van der Waals surface area contributed by atoms with Gasteiger partial charge in [-0.05, 0) is 23.1 Å². The maximum Gasteiger partial charge on any atom is 0.163 e. The van der Waals surface area contributed by atoms with Crippen molar-refractivity contribution in [2.75, 3.05) is 19.1 Å². The summed E-state index contributed by atoms with van der Waals surface area (Å²) in [6, 6.07) is 16.5. The molecule has 110 valence electrons. The highest BCUT2D eigenvalue weighted by atomic mass is 16.5. The molecule has 0 atom stereocenters. The third kappa shape index (κ3) is 1.69. The Balaban J connectivity index is 2.06. The first-order valence-electron chi connectivity index (χ1n) is 7.33. The topological polar surface area (TPSA) is 32.7 Å². The smallest absolute Gasteiger partial charge is 0.163 e. The minimum Gasteiger partial charge on any atom is -0.504 e. The average molecular weight is 291 g/mol. The van der Waals surface area contributed by atoms with E-state index in [0.29, 0.717) is 12.3 Å². The molecule has 3 nitrogen and oxygen atoms in total. The highest BCUT2D eigenvalue weighted by molar-refractivity contribution is 6.03. The van der Waals surface area contributed by atoms with Gasteiger partial charge in [0.1, 0.15) is 0 Å². The number of phenols is 1. The van der Waals surface area contributed by atoms with Crippen LogP contribution in [-0.4, -0.2) is 19.3 Å². The molecule has 3 heteroatoms. The number of benzene rings is 3. The number of methoxy groups -OCH3 is 1. The van der Waals surface area contributed by atoms with Crippen molar-refractivity contribution >= 4 is 16.5 Å². The molecule has 4 rings (SSSR count). The predicted molar refractivity (Wildman–Crippen MR) is 89.7 cm³/mol. The molecule has 0 spiro atoms. The van der Waals surface area contributed by atoms with E-state index in [1.165, 1.54) is 16.5 Å². The Bertz CT molecular complexity index is 886. The molecule has 0 fully saturated rings. The standard InChI is InChI=1S/C19H17NO2/c1-20-11-16-14(9-10-17(22-2)19(16)21)15-8-7-12-5-3-4-6-13(12)18(15)20/h3-10,21H,11H2,1-2H3. The number of phenolic OH excluding ortho intramolecular Hbond substituents is 1. The number of rotatable bonds is 1. The van der Waals surface area contributed by atoms with Crippen LogP contribution in [0.1, 0.15) is 5.56 Å². The highest BCUT2D eigenvalue weighted by Crippen LogP contribution is 2.47. The first-order chi connectivity index (χ1) is 10.7. The fraction of sp³-hybridized carbons (Fsp3) is 0.158. The number of fused-ring (bicyclic) bond motifs is 5. The second-order valence-corrected chi connectivity index (χ2v) is 5.68. The summed E-state index contributed by atoms with van der Waals surface area (Å²) in [6.07, 6.45) is 0. The van der Waals surface area contributed by atoms with Gasteiger partial charge in [-0.3, -0.25) is 0 Å². The lowest BCUT2D eigenvalue weighted by atomic mass is 9.90. The van der Waals surface area contributed by atoms with Crippen LogP contribution in [0.2, 0.25) is 0 Å². The van der Waals surface area contributed by atoms with Crippen LogP contribution in [0.25, 0.3) is 21.9 Å². The SMILES string of the molecule is COc1ccc2c(c1O)CN(C)c1c-2ccc2ccccc12. The maximum atomic E-state index is 10.4. The number of hydrogen-bond acceptors (Lipinski definition) is 3. The van der Waals surface area contributed by atoms with E-state index in [1.807, 2.05) is 12.1 Å². The molecule has 0 saturated heterocycles. The van der Waals surface area contributed by atoms with Gasteiger partial charge in [0.05, 0.1) is 12.8 Å². The molecule has 0 unspecified atom stereocenters. The lowest BCUT2D eigenvalue weighted by Crippen LogP contribution is -2.22. The van der Waals surface area contributed by atoms with Crippen molar-refractivity contribution in [3.63, 3.8) is 0 Å². The van der Waals surface area contributed by atoms with E-state index < -0.39 is 0 Å². The van der Waals surface area contributed by atoms with E-state index in [0.717, 1.165) is 16.7 Å². The van der Waals surface area contributed by atoms with Crippen LogP contribution in [0.3, 0.4) is 0 Å². The van der Waals surface area contributed by atoms with E-state index in [2.05, 4.69) is 48.3 Å². The molecule has 1 aliphatic heterocycles. The first-order valence-corrected chi connectivity index (χ1v) is 7.33. The summed E-state index contributed by atoms with van der Waals surface area (Å²) in [5, 5.41) is 12.9. The van der Waals surface area contributed by atoms with Gasteiger partial charge in [0.2, 0.25) is 0 Å². The minimum absolute atomic E-state index is 0.241. The number of ether oxygens (including phenoxy) is 1. The third-order valence-corrected chi connectivity index (χ3v) is 4.43. The van der Waals surface area contributed by atoms with E-state index in [9.17, 15) is 5.11 Å². The lowest BCUT2D eigenvalue weighted by Gasteiger charge is -2.31. The molecular weight excluding hydrogens is 274 g/mol. The van der Waals surface area contributed by atoms with E-state index in [-0.39, 0.29) is 5.75 Å². The van der Waals surface area contributed by atoms with Crippen LogP contribution in [0.15, 0.2) is 48.5 Å². The fourth-order valence-corrected chi connectivity index (χ4v) is 3.39. The van der Waals surface area contributed by atoms with Gasteiger partial charge < -0.3 is 14.7 Å². The van der Waals surface area contributed by atoms with Crippen LogP contribution in [0.5, 0.6) is 11.5 Å². The summed E-state index contributed by atoms with van der Waals surface area (Å²) in [4.78, 5) is 2.19. The molecule has 1 N–H and O–H groups in total. The molecule has 1 heterocycles. The predicted octanol–water partition coefficient (Wildman–Crippen LogP) is 4.17. The number of aromatic hydroxyl groups is 1. The van der Waals surface area contributed by atoms with Gasteiger partial charge in [0.25, 0.3) is 0 Å². The second-order valence-electron chi connectivity index (χ2n) is 5.68. The van der Waals surface area contributed by atoms with Crippen molar-refractivity contribution in [3.8, 4) is 22.6 Å². The molecule has 0 aliphatic carbocycles. The molecule has 0 amide bonds. The summed E-state index contributed by atoms with van der Waals surface area (Å²) in [7, 11) is 3.64. The fourth-order valence-electron chi connectivity index (χ4n) is 3.39. The molecule has 0 radical (unpaired) electrons. The van der Waals surface area contributed by atoms with Crippen LogP contribution in [0.4, 0.5) is 5.69 Å². The van der Waals surface area contributed by atoms with Crippen LogP contribution in [0, 0.1) is 0 Å². The number of anilines is 1. The molecular formula is C19H17NO2. The minimum atomic E-state index is 0.241. The lowest BCUT2D eigenvalue weighted by molar-refractivity contribution is 0.370.